The van der Waals surface area contributed by atoms with Gasteiger partial charge in [-0.15, -0.1) is 10.2 Å². The van der Waals surface area contributed by atoms with Gasteiger partial charge in [-0.25, -0.2) is 0 Å². The third kappa shape index (κ3) is 5.47. The molecule has 0 saturated carbocycles. The predicted octanol–water partition coefficient (Wildman–Crippen LogP) is 4.45. The molecule has 1 N–H and O–H groups in total. The fourth-order valence-corrected chi connectivity index (χ4v) is 4.16. The molecule has 0 atom stereocenters. The van der Waals surface area contributed by atoms with Crippen LogP contribution in [0.2, 0.25) is 0 Å². The van der Waals surface area contributed by atoms with Crippen molar-refractivity contribution in [3.8, 4) is 5.75 Å². The number of hydrogen-bond donors (Lipinski definition) is 1. The summed E-state index contributed by atoms with van der Waals surface area (Å²) >= 11 is 3.33. The molecule has 2 aromatic heterocycles. The second-order valence-corrected chi connectivity index (χ2v) is 7.70. The van der Waals surface area contributed by atoms with Gasteiger partial charge in [0.1, 0.15) is 5.75 Å². The summed E-state index contributed by atoms with van der Waals surface area (Å²) in [4.78, 5) is 0. The predicted molar refractivity (Wildman–Crippen MR) is 103 cm³/mol. The number of thioether (sulfide) groups is 1. The van der Waals surface area contributed by atoms with Gasteiger partial charge in [0.05, 0.1) is 12.8 Å². The molecule has 3 aromatic rings. The maximum Gasteiger partial charge on any atom is 0.210 e. The summed E-state index contributed by atoms with van der Waals surface area (Å²) in [6.07, 6.45) is 7.34. The molecular weight excluding hydrogens is 354 g/mol. The van der Waals surface area contributed by atoms with Crippen LogP contribution >= 0.6 is 23.1 Å². The van der Waals surface area contributed by atoms with E-state index in [2.05, 4.69) is 20.6 Å². The van der Waals surface area contributed by atoms with E-state index in [1.54, 1.807) is 30.2 Å². The summed E-state index contributed by atoms with van der Waals surface area (Å²) in [5, 5.41) is 16.7. The molecule has 0 radical (unpaired) electrons. The number of hydrogen-bond acceptors (Lipinski definition) is 7. The number of rotatable bonds is 10. The van der Waals surface area contributed by atoms with Crippen molar-refractivity contribution in [3.63, 3.8) is 0 Å². The Kier molecular flexibility index (Phi) is 6.70. The minimum atomic E-state index is 0.783. The van der Waals surface area contributed by atoms with Gasteiger partial charge in [0.2, 0.25) is 5.13 Å². The average Bonchev–Trinajstić information content (AvgIpc) is 3.30. The van der Waals surface area contributed by atoms with E-state index in [9.17, 15) is 0 Å². The van der Waals surface area contributed by atoms with Crippen molar-refractivity contribution in [2.75, 3.05) is 18.2 Å². The van der Waals surface area contributed by atoms with Gasteiger partial charge in [0.15, 0.2) is 4.34 Å². The van der Waals surface area contributed by atoms with Crippen molar-refractivity contribution < 1.29 is 4.74 Å². The molecule has 0 spiro atoms. The highest BCUT2D eigenvalue weighted by Gasteiger charge is 2.07. The Morgan fingerprint density at radius 3 is 2.92 bits per heavy atom. The number of methoxy groups -OCH3 is 1. The minimum absolute atomic E-state index is 0.783. The van der Waals surface area contributed by atoms with Crippen LogP contribution in [0.15, 0.2) is 47.1 Å². The molecule has 0 amide bonds. The zero-order valence-electron chi connectivity index (χ0n) is 14.1. The van der Waals surface area contributed by atoms with Crippen molar-refractivity contribution in [3.05, 3.63) is 42.7 Å². The molecule has 132 valence electrons. The van der Waals surface area contributed by atoms with E-state index >= 15 is 0 Å². The Morgan fingerprint density at radius 2 is 2.08 bits per heavy atom. The Labute approximate surface area is 155 Å². The van der Waals surface area contributed by atoms with Crippen LogP contribution in [0.1, 0.15) is 19.3 Å². The maximum atomic E-state index is 5.34. The molecule has 8 heteroatoms. The molecule has 0 saturated heterocycles. The van der Waals surface area contributed by atoms with Gasteiger partial charge in [-0.3, -0.25) is 4.68 Å². The summed E-state index contributed by atoms with van der Waals surface area (Å²) in [5.74, 6) is 1.85. The van der Waals surface area contributed by atoms with E-state index in [1.807, 2.05) is 47.4 Å². The van der Waals surface area contributed by atoms with Gasteiger partial charge in [0.25, 0.3) is 0 Å². The van der Waals surface area contributed by atoms with Crippen LogP contribution in [0, 0.1) is 0 Å². The molecule has 0 aliphatic heterocycles. The number of benzene rings is 1. The summed E-state index contributed by atoms with van der Waals surface area (Å²) in [7, 11) is 1.66. The van der Waals surface area contributed by atoms with E-state index in [0.717, 1.165) is 39.6 Å². The van der Waals surface area contributed by atoms with Gasteiger partial charge in [-0.1, -0.05) is 41.7 Å². The highest BCUT2D eigenvalue weighted by molar-refractivity contribution is 8.01. The van der Waals surface area contributed by atoms with Gasteiger partial charge in [0, 0.05) is 24.7 Å². The third-order valence-corrected chi connectivity index (χ3v) is 5.63. The molecule has 0 bridgehead atoms. The van der Waals surface area contributed by atoms with Crippen molar-refractivity contribution >= 4 is 33.9 Å². The van der Waals surface area contributed by atoms with Gasteiger partial charge in [-0.05, 0) is 31.0 Å². The number of unbranched alkanes of at least 4 members (excludes halogenated alkanes) is 2. The smallest absolute Gasteiger partial charge is 0.210 e. The van der Waals surface area contributed by atoms with Crippen LogP contribution < -0.4 is 10.1 Å². The van der Waals surface area contributed by atoms with E-state index < -0.39 is 0 Å². The summed E-state index contributed by atoms with van der Waals surface area (Å²) < 4.78 is 8.31. The Bertz CT molecular complexity index is 760. The number of aryl methyl sites for hydroxylation is 1. The molecule has 0 aliphatic carbocycles. The van der Waals surface area contributed by atoms with E-state index in [-0.39, 0.29) is 0 Å². The fourth-order valence-electron chi connectivity index (χ4n) is 2.33. The number of nitrogens with one attached hydrogen (secondary N) is 1. The van der Waals surface area contributed by atoms with E-state index in [0.29, 0.717) is 0 Å². The lowest BCUT2D eigenvalue weighted by molar-refractivity contribution is 0.417. The topological polar surface area (TPSA) is 64.9 Å². The lowest BCUT2D eigenvalue weighted by Crippen LogP contribution is -1.97. The van der Waals surface area contributed by atoms with Crippen molar-refractivity contribution in [1.29, 1.82) is 0 Å². The average molecular weight is 376 g/mol. The minimum Gasteiger partial charge on any atom is -0.495 e. The van der Waals surface area contributed by atoms with Crippen LogP contribution in [0.5, 0.6) is 5.75 Å². The van der Waals surface area contributed by atoms with Crippen molar-refractivity contribution in [1.82, 2.24) is 20.0 Å². The Hall–Kier alpha value is -2.06. The first-order valence-electron chi connectivity index (χ1n) is 8.19. The van der Waals surface area contributed by atoms with Gasteiger partial charge >= 0.3 is 0 Å². The van der Waals surface area contributed by atoms with E-state index in [1.165, 1.54) is 12.8 Å². The number of aromatic nitrogens is 4. The highest BCUT2D eigenvalue weighted by Crippen LogP contribution is 2.31. The van der Waals surface area contributed by atoms with Crippen LogP contribution in [-0.2, 0) is 6.54 Å². The van der Waals surface area contributed by atoms with Crippen LogP contribution in [-0.4, -0.2) is 32.8 Å². The van der Waals surface area contributed by atoms with Gasteiger partial charge < -0.3 is 10.1 Å². The first kappa shape index (κ1) is 17.8. The highest BCUT2D eigenvalue weighted by atomic mass is 32.2. The van der Waals surface area contributed by atoms with Crippen LogP contribution in [0.3, 0.4) is 0 Å². The second kappa shape index (κ2) is 9.43. The number of nitrogens with zero attached hydrogens (tertiary/aromatic N) is 4. The quantitative estimate of drug-likeness (QED) is 0.417. The largest absolute Gasteiger partial charge is 0.495 e. The second-order valence-electron chi connectivity index (χ2n) is 5.38. The molecule has 25 heavy (non-hydrogen) atoms. The van der Waals surface area contributed by atoms with Gasteiger partial charge in [-0.2, -0.15) is 5.10 Å². The Morgan fingerprint density at radius 1 is 1.16 bits per heavy atom. The van der Waals surface area contributed by atoms with Crippen LogP contribution in [0.4, 0.5) is 10.8 Å². The molecule has 1 aromatic carbocycles. The summed E-state index contributed by atoms with van der Waals surface area (Å²) in [5.41, 5.74) is 0.899. The standard InChI is InChI=1S/C17H21N5OS2/c1-23-15-9-4-3-8-14(15)19-16-20-21-17(25-16)24-13-6-2-5-11-22-12-7-10-18-22/h3-4,7-10,12H,2,5-6,11,13H2,1H3,(H,19,20). The molecular formula is C17H21N5OS2. The summed E-state index contributed by atoms with van der Waals surface area (Å²) in [6.45, 7) is 0.990. The van der Waals surface area contributed by atoms with Crippen molar-refractivity contribution in [2.45, 2.75) is 30.1 Å². The molecule has 6 nitrogen and oxygen atoms in total. The molecule has 0 aliphatic rings. The monoisotopic (exact) mass is 375 g/mol. The zero-order chi connectivity index (χ0) is 17.3. The summed E-state index contributed by atoms with van der Waals surface area (Å²) in [6, 6.07) is 9.75. The lowest BCUT2D eigenvalue weighted by atomic mass is 10.2. The SMILES string of the molecule is COc1ccccc1Nc1nnc(SCCCCCn2cccn2)s1. The lowest BCUT2D eigenvalue weighted by Gasteiger charge is -2.07. The zero-order valence-corrected chi connectivity index (χ0v) is 15.7. The van der Waals surface area contributed by atoms with E-state index in [4.69, 9.17) is 4.74 Å². The third-order valence-electron chi connectivity index (χ3n) is 3.57. The first-order chi connectivity index (χ1) is 12.3. The molecule has 3 rings (SSSR count). The fraction of sp³-hybridized carbons (Fsp3) is 0.353. The molecule has 2 heterocycles. The number of ether oxygens (including phenoxy) is 1. The number of para-hydroxylation sites is 2. The Balaban J connectivity index is 1.38. The maximum absolute atomic E-state index is 5.34. The first-order valence-corrected chi connectivity index (χ1v) is 9.99. The van der Waals surface area contributed by atoms with Crippen molar-refractivity contribution in [2.24, 2.45) is 0 Å². The molecule has 0 fully saturated rings. The number of anilines is 2. The molecule has 0 unspecified atom stereocenters. The van der Waals surface area contributed by atoms with Crippen LogP contribution in [0.25, 0.3) is 0 Å². The normalized spacial score (nSPS) is 10.8.